The van der Waals surface area contributed by atoms with E-state index in [4.69, 9.17) is 16.3 Å². The number of carbonyl (C=O) groups excluding carboxylic acids is 1. The average Bonchev–Trinajstić information content (AvgIpc) is 2.72. The Hall–Kier alpha value is -1.95. The number of halogens is 1. The van der Waals surface area contributed by atoms with Gasteiger partial charge in [0, 0.05) is 12.3 Å². The first-order valence-electron chi connectivity index (χ1n) is 4.90. The Morgan fingerprint density at radius 3 is 3.12 bits per heavy atom. The molecule has 0 bridgehead atoms. The van der Waals surface area contributed by atoms with Gasteiger partial charge < -0.3 is 4.74 Å². The Balaban J connectivity index is 2.31. The van der Waals surface area contributed by atoms with Crippen molar-refractivity contribution in [3.8, 4) is 0 Å². The molecule has 2 aromatic rings. The van der Waals surface area contributed by atoms with Crippen LogP contribution in [0.2, 0.25) is 5.15 Å². The predicted molar refractivity (Wildman–Crippen MR) is 62.3 cm³/mol. The minimum absolute atomic E-state index is 0.276. The molecule has 0 unspecified atom stereocenters. The molecule has 0 fully saturated rings. The lowest BCUT2D eigenvalue weighted by atomic mass is 10.5. The van der Waals surface area contributed by atoms with Crippen LogP contribution in [-0.2, 0) is 9.53 Å². The Kier molecular flexibility index (Phi) is 3.34. The molecule has 17 heavy (non-hydrogen) atoms. The first-order chi connectivity index (χ1) is 8.22. The van der Waals surface area contributed by atoms with Crippen LogP contribution in [0.3, 0.4) is 0 Å². The first-order valence-corrected chi connectivity index (χ1v) is 5.28. The third-order valence-electron chi connectivity index (χ3n) is 1.97. The van der Waals surface area contributed by atoms with Crippen molar-refractivity contribution < 1.29 is 9.53 Å². The van der Waals surface area contributed by atoms with Gasteiger partial charge in [-0.1, -0.05) is 11.6 Å². The molecule has 88 valence electrons. The maximum Gasteiger partial charge on any atom is 0.332 e. The number of hydrogen-bond acceptors (Lipinski definition) is 5. The molecule has 7 heteroatoms. The average molecular weight is 253 g/mol. The second kappa shape index (κ2) is 4.92. The summed E-state index contributed by atoms with van der Waals surface area (Å²) in [6.45, 7) is 2.08. The van der Waals surface area contributed by atoms with Crippen LogP contribution in [0.5, 0.6) is 0 Å². The molecule has 0 aliphatic carbocycles. The number of nitrogens with zero attached hydrogens (tertiary/aromatic N) is 4. The Bertz CT molecular complexity index is 579. The molecule has 2 rings (SSSR count). The van der Waals surface area contributed by atoms with Gasteiger partial charge in [0.05, 0.1) is 6.61 Å². The lowest BCUT2D eigenvalue weighted by molar-refractivity contribution is -0.137. The smallest absolute Gasteiger partial charge is 0.332 e. The maximum absolute atomic E-state index is 11.1. The van der Waals surface area contributed by atoms with Gasteiger partial charge in [0.25, 0.3) is 0 Å². The minimum atomic E-state index is -0.422. The quantitative estimate of drug-likeness (QED) is 0.470. The lowest BCUT2D eigenvalue weighted by Crippen LogP contribution is -1.99. The molecule has 2 aromatic heterocycles. The van der Waals surface area contributed by atoms with E-state index < -0.39 is 5.97 Å². The summed E-state index contributed by atoms with van der Waals surface area (Å²) in [5.41, 5.74) is 1.02. The molecule has 2 heterocycles. The molecule has 0 atom stereocenters. The molecule has 0 aliphatic heterocycles. The van der Waals surface area contributed by atoms with Gasteiger partial charge in [-0.3, -0.25) is 4.57 Å². The van der Waals surface area contributed by atoms with Crippen molar-refractivity contribution in [3.63, 3.8) is 0 Å². The Morgan fingerprint density at radius 1 is 1.53 bits per heavy atom. The summed E-state index contributed by atoms with van der Waals surface area (Å²) in [6.07, 6.45) is 5.64. The number of aromatic nitrogens is 4. The van der Waals surface area contributed by atoms with Gasteiger partial charge in [0.1, 0.15) is 18.2 Å². The highest BCUT2D eigenvalue weighted by Gasteiger charge is 2.06. The van der Waals surface area contributed by atoms with Gasteiger partial charge in [0.15, 0.2) is 10.8 Å². The van der Waals surface area contributed by atoms with Gasteiger partial charge in [0.2, 0.25) is 0 Å². The van der Waals surface area contributed by atoms with Crippen molar-refractivity contribution in [2.75, 3.05) is 6.61 Å². The molecule has 0 amide bonds. The maximum atomic E-state index is 11.1. The van der Waals surface area contributed by atoms with E-state index in [1.165, 1.54) is 24.9 Å². The van der Waals surface area contributed by atoms with Crippen molar-refractivity contribution in [3.05, 3.63) is 23.9 Å². The zero-order chi connectivity index (χ0) is 12.3. The van der Waals surface area contributed by atoms with Crippen LogP contribution in [0.1, 0.15) is 6.92 Å². The van der Waals surface area contributed by atoms with Crippen LogP contribution in [0.15, 0.2) is 18.7 Å². The van der Waals surface area contributed by atoms with Gasteiger partial charge in [-0.15, -0.1) is 0 Å². The first kappa shape index (κ1) is 11.5. The summed E-state index contributed by atoms with van der Waals surface area (Å²) in [4.78, 5) is 23.0. The Labute approximate surface area is 102 Å². The van der Waals surface area contributed by atoms with Crippen LogP contribution < -0.4 is 0 Å². The van der Waals surface area contributed by atoms with Crippen LogP contribution in [0, 0.1) is 0 Å². The van der Waals surface area contributed by atoms with E-state index in [-0.39, 0.29) is 5.15 Å². The number of fused-ring (bicyclic) bond motifs is 1. The monoisotopic (exact) mass is 252 g/mol. The van der Waals surface area contributed by atoms with Gasteiger partial charge >= 0.3 is 5.97 Å². The molecule has 0 N–H and O–H groups in total. The second-order valence-corrected chi connectivity index (χ2v) is 3.41. The summed E-state index contributed by atoms with van der Waals surface area (Å²) >= 11 is 5.84. The summed E-state index contributed by atoms with van der Waals surface area (Å²) in [7, 11) is 0. The van der Waals surface area contributed by atoms with E-state index in [9.17, 15) is 4.79 Å². The normalized spacial score (nSPS) is 11.2. The Morgan fingerprint density at radius 2 is 2.35 bits per heavy atom. The minimum Gasteiger partial charge on any atom is -0.463 e. The van der Waals surface area contributed by atoms with E-state index >= 15 is 0 Å². The fourth-order valence-corrected chi connectivity index (χ4v) is 1.44. The number of esters is 1. The van der Waals surface area contributed by atoms with E-state index in [0.717, 1.165) is 0 Å². The summed E-state index contributed by atoms with van der Waals surface area (Å²) in [6, 6.07) is 0. The van der Waals surface area contributed by atoms with E-state index in [0.29, 0.717) is 17.8 Å². The van der Waals surface area contributed by atoms with Crippen molar-refractivity contribution in [2.45, 2.75) is 6.92 Å². The molecule has 0 aromatic carbocycles. The number of carbonyl (C=O) groups is 1. The third-order valence-corrected chi connectivity index (χ3v) is 2.25. The molecule has 0 saturated heterocycles. The van der Waals surface area contributed by atoms with Gasteiger partial charge in [-0.2, -0.15) is 0 Å². The highest BCUT2D eigenvalue weighted by atomic mass is 35.5. The molecule has 0 spiro atoms. The summed E-state index contributed by atoms with van der Waals surface area (Å²) < 4.78 is 6.33. The highest BCUT2D eigenvalue weighted by molar-refractivity contribution is 6.33. The van der Waals surface area contributed by atoms with Crippen molar-refractivity contribution >= 4 is 34.9 Å². The third kappa shape index (κ3) is 2.42. The number of rotatable bonds is 3. The number of imidazole rings is 1. The standard InChI is InChI=1S/C10H9ClN4O2/c1-2-17-7(16)3-4-15-6-14-8-9(11)12-5-13-10(8)15/h3-6H,2H2,1H3/b4-3+. The molecule has 6 nitrogen and oxygen atoms in total. The SMILES string of the molecule is CCOC(=O)/C=C/n1cnc2c(Cl)ncnc21. The van der Waals surface area contributed by atoms with Gasteiger partial charge in [-0.25, -0.2) is 19.7 Å². The number of ether oxygens (including phenoxy) is 1. The molecule has 0 radical (unpaired) electrons. The number of hydrogen-bond donors (Lipinski definition) is 0. The molecule has 0 saturated carbocycles. The van der Waals surface area contributed by atoms with Crippen molar-refractivity contribution in [2.24, 2.45) is 0 Å². The van der Waals surface area contributed by atoms with Crippen LogP contribution in [0.4, 0.5) is 0 Å². The van der Waals surface area contributed by atoms with Crippen LogP contribution in [-0.4, -0.2) is 32.1 Å². The summed E-state index contributed by atoms with van der Waals surface area (Å²) in [5, 5.41) is 0.276. The second-order valence-electron chi connectivity index (χ2n) is 3.06. The highest BCUT2D eigenvalue weighted by Crippen LogP contribution is 2.16. The topological polar surface area (TPSA) is 69.9 Å². The fourth-order valence-electron chi connectivity index (χ4n) is 1.26. The van der Waals surface area contributed by atoms with E-state index in [1.54, 1.807) is 11.5 Å². The van der Waals surface area contributed by atoms with E-state index in [2.05, 4.69) is 15.0 Å². The predicted octanol–water partition coefficient (Wildman–Crippen LogP) is 1.51. The fraction of sp³-hybridized carbons (Fsp3) is 0.200. The van der Waals surface area contributed by atoms with Crippen molar-refractivity contribution in [1.29, 1.82) is 0 Å². The summed E-state index contributed by atoms with van der Waals surface area (Å²) in [5.74, 6) is -0.422. The van der Waals surface area contributed by atoms with Crippen LogP contribution >= 0.6 is 11.6 Å². The largest absolute Gasteiger partial charge is 0.463 e. The lowest BCUT2D eigenvalue weighted by Gasteiger charge is -1.96. The molecule has 0 aliphatic rings. The van der Waals surface area contributed by atoms with E-state index in [1.807, 2.05) is 0 Å². The molecular weight excluding hydrogens is 244 g/mol. The zero-order valence-corrected chi connectivity index (χ0v) is 9.76. The zero-order valence-electron chi connectivity index (χ0n) is 9.00. The van der Waals surface area contributed by atoms with Gasteiger partial charge in [-0.05, 0) is 6.92 Å². The molecular formula is C10H9ClN4O2. The van der Waals surface area contributed by atoms with Crippen LogP contribution in [0.25, 0.3) is 17.4 Å². The van der Waals surface area contributed by atoms with Crippen molar-refractivity contribution in [1.82, 2.24) is 19.5 Å².